The highest BCUT2D eigenvalue weighted by Crippen LogP contribution is 2.39. The molecule has 1 atom stereocenters. The maximum absolute atomic E-state index is 11.7. The molecule has 1 aromatic carbocycles. The standard InChI is InChI=1S/C13H14O4/c1-5-6(2)9-8(4)12(15)17-13(16)10(9)11(14)7(5)3/h8,14H,1-4H3/t8-/m0/s1. The fourth-order valence-electron chi connectivity index (χ4n) is 2.26. The highest BCUT2D eigenvalue weighted by molar-refractivity contribution is 6.06. The van der Waals surface area contributed by atoms with E-state index in [4.69, 9.17) is 0 Å². The fourth-order valence-corrected chi connectivity index (χ4v) is 2.26. The summed E-state index contributed by atoms with van der Waals surface area (Å²) in [5, 5.41) is 10.0. The number of phenols is 1. The molecule has 2 rings (SSSR count). The molecule has 0 spiro atoms. The van der Waals surface area contributed by atoms with Crippen LogP contribution in [0, 0.1) is 20.8 Å². The third kappa shape index (κ3) is 1.44. The second-order valence-electron chi connectivity index (χ2n) is 4.44. The second kappa shape index (κ2) is 3.58. The van der Waals surface area contributed by atoms with Gasteiger partial charge in [-0.3, -0.25) is 4.79 Å². The summed E-state index contributed by atoms with van der Waals surface area (Å²) in [6, 6.07) is 0. The Morgan fingerprint density at radius 2 is 1.65 bits per heavy atom. The molecule has 0 bridgehead atoms. The molecule has 1 heterocycles. The van der Waals surface area contributed by atoms with Gasteiger partial charge in [0.25, 0.3) is 0 Å². The van der Waals surface area contributed by atoms with Crippen molar-refractivity contribution in [2.45, 2.75) is 33.6 Å². The zero-order chi connectivity index (χ0) is 12.9. The Balaban J connectivity index is 2.87. The smallest absolute Gasteiger partial charge is 0.349 e. The molecule has 0 saturated carbocycles. The van der Waals surface area contributed by atoms with E-state index in [1.165, 1.54) is 0 Å². The summed E-state index contributed by atoms with van der Waals surface area (Å²) >= 11 is 0. The van der Waals surface area contributed by atoms with Crippen LogP contribution in [-0.4, -0.2) is 17.0 Å². The van der Waals surface area contributed by atoms with Crippen LogP contribution in [0.5, 0.6) is 5.75 Å². The van der Waals surface area contributed by atoms with E-state index in [2.05, 4.69) is 4.74 Å². The molecular formula is C13H14O4. The molecule has 0 amide bonds. The number of carbonyl (C=O) groups is 2. The Morgan fingerprint density at radius 3 is 2.24 bits per heavy atom. The van der Waals surface area contributed by atoms with Gasteiger partial charge < -0.3 is 9.84 Å². The van der Waals surface area contributed by atoms with Crippen LogP contribution in [-0.2, 0) is 9.53 Å². The molecule has 0 aliphatic carbocycles. The number of ether oxygens (including phenoxy) is 1. The van der Waals surface area contributed by atoms with E-state index >= 15 is 0 Å². The van der Waals surface area contributed by atoms with Crippen molar-refractivity contribution in [1.29, 1.82) is 0 Å². The van der Waals surface area contributed by atoms with Crippen LogP contribution >= 0.6 is 0 Å². The molecule has 0 unspecified atom stereocenters. The fraction of sp³-hybridized carbons (Fsp3) is 0.385. The average molecular weight is 234 g/mol. The second-order valence-corrected chi connectivity index (χ2v) is 4.44. The first-order valence-corrected chi connectivity index (χ1v) is 5.44. The first-order valence-electron chi connectivity index (χ1n) is 5.44. The predicted octanol–water partition coefficient (Wildman–Crippen LogP) is 2.12. The lowest BCUT2D eigenvalue weighted by Gasteiger charge is -2.25. The summed E-state index contributed by atoms with van der Waals surface area (Å²) in [6.45, 7) is 7.13. The molecule has 0 radical (unpaired) electrons. The Morgan fingerprint density at radius 1 is 1.06 bits per heavy atom. The van der Waals surface area contributed by atoms with Crippen LogP contribution in [0.15, 0.2) is 0 Å². The molecule has 17 heavy (non-hydrogen) atoms. The number of hydrogen-bond acceptors (Lipinski definition) is 4. The van der Waals surface area contributed by atoms with Crippen LogP contribution in [0.4, 0.5) is 0 Å². The molecular weight excluding hydrogens is 220 g/mol. The normalized spacial score (nSPS) is 18.9. The van der Waals surface area contributed by atoms with Gasteiger partial charge >= 0.3 is 11.9 Å². The van der Waals surface area contributed by atoms with E-state index in [0.29, 0.717) is 11.1 Å². The van der Waals surface area contributed by atoms with Gasteiger partial charge in [-0.1, -0.05) is 0 Å². The van der Waals surface area contributed by atoms with E-state index in [1.54, 1.807) is 13.8 Å². The third-order valence-electron chi connectivity index (χ3n) is 3.57. The number of hydrogen-bond donors (Lipinski definition) is 1. The number of phenolic OH excluding ortho intramolecular Hbond substituents is 1. The van der Waals surface area contributed by atoms with Gasteiger partial charge in [-0.15, -0.1) is 0 Å². The van der Waals surface area contributed by atoms with Crippen LogP contribution in [0.3, 0.4) is 0 Å². The molecule has 0 saturated heterocycles. The van der Waals surface area contributed by atoms with E-state index in [0.717, 1.165) is 11.1 Å². The number of carbonyl (C=O) groups excluding carboxylic acids is 2. The van der Waals surface area contributed by atoms with Gasteiger partial charge in [0.15, 0.2) is 0 Å². The average Bonchev–Trinajstić information content (AvgIpc) is 2.28. The quantitative estimate of drug-likeness (QED) is 0.551. The molecule has 1 aromatic rings. The minimum atomic E-state index is -0.758. The van der Waals surface area contributed by atoms with E-state index in [-0.39, 0.29) is 11.3 Å². The summed E-state index contributed by atoms with van der Waals surface area (Å²) in [4.78, 5) is 23.2. The lowest BCUT2D eigenvalue weighted by molar-refractivity contribution is -0.140. The van der Waals surface area contributed by atoms with Gasteiger partial charge in [-0.2, -0.15) is 0 Å². The largest absolute Gasteiger partial charge is 0.507 e. The maximum Gasteiger partial charge on any atom is 0.349 e. The number of esters is 2. The SMILES string of the molecule is Cc1c(C)c(O)c2c(c1C)[C@H](C)C(=O)OC2=O. The minimum absolute atomic E-state index is 0.0764. The molecule has 1 aliphatic rings. The van der Waals surface area contributed by atoms with E-state index in [1.807, 2.05) is 13.8 Å². The summed E-state index contributed by atoms with van der Waals surface area (Å²) < 4.78 is 4.62. The lowest BCUT2D eigenvalue weighted by Crippen LogP contribution is -2.28. The molecule has 1 N–H and O–H groups in total. The maximum atomic E-state index is 11.7. The number of fused-ring (bicyclic) bond motifs is 1. The van der Waals surface area contributed by atoms with Gasteiger partial charge in [0, 0.05) is 0 Å². The van der Waals surface area contributed by atoms with Crippen LogP contribution < -0.4 is 0 Å². The summed E-state index contributed by atoms with van der Waals surface area (Å²) in [5.74, 6) is -1.92. The number of aromatic hydroxyl groups is 1. The Bertz CT molecular complexity index is 543. The Labute approximate surface area is 99.2 Å². The monoisotopic (exact) mass is 234 g/mol. The predicted molar refractivity (Wildman–Crippen MR) is 61.2 cm³/mol. The first kappa shape index (κ1) is 11.6. The molecule has 4 heteroatoms. The van der Waals surface area contributed by atoms with E-state index < -0.39 is 17.9 Å². The van der Waals surface area contributed by atoms with Crippen LogP contribution in [0.1, 0.15) is 45.5 Å². The van der Waals surface area contributed by atoms with Gasteiger partial charge in [0.1, 0.15) is 11.3 Å². The van der Waals surface area contributed by atoms with Crippen molar-refractivity contribution in [3.63, 3.8) is 0 Å². The van der Waals surface area contributed by atoms with Crippen molar-refractivity contribution in [3.8, 4) is 5.75 Å². The zero-order valence-electron chi connectivity index (χ0n) is 10.2. The van der Waals surface area contributed by atoms with Crippen molar-refractivity contribution in [3.05, 3.63) is 27.8 Å². The van der Waals surface area contributed by atoms with Crippen molar-refractivity contribution in [1.82, 2.24) is 0 Å². The minimum Gasteiger partial charge on any atom is -0.507 e. The topological polar surface area (TPSA) is 63.6 Å². The number of cyclic esters (lactones) is 2. The Hall–Kier alpha value is -1.84. The van der Waals surface area contributed by atoms with Gasteiger partial charge in [0.2, 0.25) is 0 Å². The van der Waals surface area contributed by atoms with Crippen molar-refractivity contribution < 1.29 is 19.4 Å². The van der Waals surface area contributed by atoms with Crippen molar-refractivity contribution in [2.75, 3.05) is 0 Å². The summed E-state index contributed by atoms with van der Waals surface area (Å²) in [5.41, 5.74) is 3.15. The van der Waals surface area contributed by atoms with Crippen LogP contribution in [0.2, 0.25) is 0 Å². The number of rotatable bonds is 0. The highest BCUT2D eigenvalue weighted by atomic mass is 16.6. The molecule has 90 valence electrons. The lowest BCUT2D eigenvalue weighted by atomic mass is 9.84. The van der Waals surface area contributed by atoms with E-state index in [9.17, 15) is 14.7 Å². The third-order valence-corrected chi connectivity index (χ3v) is 3.57. The number of benzene rings is 1. The van der Waals surface area contributed by atoms with Crippen molar-refractivity contribution >= 4 is 11.9 Å². The Kier molecular flexibility index (Phi) is 2.45. The summed E-state index contributed by atoms with van der Waals surface area (Å²) in [7, 11) is 0. The molecule has 1 aliphatic heterocycles. The highest BCUT2D eigenvalue weighted by Gasteiger charge is 2.36. The molecule has 0 aromatic heterocycles. The van der Waals surface area contributed by atoms with Gasteiger partial charge in [0.05, 0.1) is 5.92 Å². The molecule has 4 nitrogen and oxygen atoms in total. The zero-order valence-corrected chi connectivity index (χ0v) is 10.2. The summed E-state index contributed by atoms with van der Waals surface area (Å²) in [6.07, 6.45) is 0. The first-order chi connectivity index (χ1) is 7.86. The van der Waals surface area contributed by atoms with Gasteiger partial charge in [-0.05, 0) is 49.9 Å². The molecule has 0 fully saturated rings. The van der Waals surface area contributed by atoms with Gasteiger partial charge in [-0.25, -0.2) is 4.79 Å². The van der Waals surface area contributed by atoms with Crippen LogP contribution in [0.25, 0.3) is 0 Å². The van der Waals surface area contributed by atoms with Crippen molar-refractivity contribution in [2.24, 2.45) is 0 Å².